The van der Waals surface area contributed by atoms with Crippen molar-refractivity contribution in [3.05, 3.63) is 18.0 Å². The molecular formula is C9H17N5O. The lowest BCUT2D eigenvalue weighted by Gasteiger charge is -2.10. The van der Waals surface area contributed by atoms with Gasteiger partial charge in [-0.25, -0.2) is 0 Å². The number of nitrogens with zero attached hydrogens (tertiary/aromatic N) is 2. The summed E-state index contributed by atoms with van der Waals surface area (Å²) >= 11 is 0. The minimum Gasteiger partial charge on any atom is -0.383 e. The SMILES string of the molecule is CN=C(NCCOC)NCc1ccn[nH]1. The van der Waals surface area contributed by atoms with Gasteiger partial charge >= 0.3 is 0 Å². The van der Waals surface area contributed by atoms with Crippen LogP contribution < -0.4 is 10.6 Å². The second-order valence-electron chi connectivity index (χ2n) is 2.93. The van der Waals surface area contributed by atoms with E-state index in [0.717, 1.165) is 18.2 Å². The number of nitrogens with one attached hydrogen (secondary N) is 3. The van der Waals surface area contributed by atoms with Gasteiger partial charge in [-0.05, 0) is 6.07 Å². The summed E-state index contributed by atoms with van der Waals surface area (Å²) in [5.74, 6) is 0.752. The van der Waals surface area contributed by atoms with E-state index in [9.17, 15) is 0 Å². The Hall–Kier alpha value is -1.56. The number of aromatic amines is 1. The van der Waals surface area contributed by atoms with Gasteiger partial charge in [0.2, 0.25) is 0 Å². The molecule has 1 aromatic rings. The summed E-state index contributed by atoms with van der Waals surface area (Å²) < 4.78 is 4.93. The molecule has 0 saturated carbocycles. The van der Waals surface area contributed by atoms with Crippen molar-refractivity contribution < 1.29 is 4.74 Å². The Balaban J connectivity index is 2.23. The van der Waals surface area contributed by atoms with E-state index in [1.807, 2.05) is 6.07 Å². The zero-order valence-corrected chi connectivity index (χ0v) is 9.08. The molecule has 6 nitrogen and oxygen atoms in total. The second-order valence-corrected chi connectivity index (χ2v) is 2.93. The quantitative estimate of drug-likeness (QED) is 0.356. The Labute approximate surface area is 89.1 Å². The molecule has 0 spiro atoms. The summed E-state index contributed by atoms with van der Waals surface area (Å²) in [7, 11) is 3.40. The minimum absolute atomic E-state index is 0.657. The molecule has 0 unspecified atom stereocenters. The monoisotopic (exact) mass is 211 g/mol. The lowest BCUT2D eigenvalue weighted by atomic mass is 10.4. The Morgan fingerprint density at radius 1 is 1.60 bits per heavy atom. The molecule has 0 radical (unpaired) electrons. The molecule has 0 aliphatic rings. The third kappa shape index (κ3) is 4.46. The summed E-state index contributed by atoms with van der Waals surface area (Å²) in [6.07, 6.45) is 1.72. The molecule has 1 heterocycles. The predicted molar refractivity (Wildman–Crippen MR) is 58.7 cm³/mol. The topological polar surface area (TPSA) is 74.3 Å². The van der Waals surface area contributed by atoms with Crippen molar-refractivity contribution in [1.29, 1.82) is 0 Å². The van der Waals surface area contributed by atoms with Crippen LogP contribution >= 0.6 is 0 Å². The highest BCUT2D eigenvalue weighted by Crippen LogP contribution is 1.89. The van der Waals surface area contributed by atoms with Crippen molar-refractivity contribution in [3.63, 3.8) is 0 Å². The summed E-state index contributed by atoms with van der Waals surface area (Å²) in [6, 6.07) is 1.91. The van der Waals surface area contributed by atoms with Crippen molar-refractivity contribution in [3.8, 4) is 0 Å². The van der Waals surface area contributed by atoms with Gasteiger partial charge in [0.05, 0.1) is 18.8 Å². The molecule has 0 fully saturated rings. The van der Waals surface area contributed by atoms with Gasteiger partial charge in [0, 0.05) is 26.9 Å². The van der Waals surface area contributed by atoms with Crippen LogP contribution in [0.15, 0.2) is 17.3 Å². The van der Waals surface area contributed by atoms with E-state index in [1.54, 1.807) is 20.4 Å². The summed E-state index contributed by atoms with van der Waals surface area (Å²) in [5.41, 5.74) is 1.02. The predicted octanol–water partition coefficient (Wildman–Crippen LogP) is -0.279. The van der Waals surface area contributed by atoms with E-state index in [-0.39, 0.29) is 0 Å². The van der Waals surface area contributed by atoms with E-state index >= 15 is 0 Å². The maximum absolute atomic E-state index is 4.93. The lowest BCUT2D eigenvalue weighted by Crippen LogP contribution is -2.38. The molecule has 0 amide bonds. The number of H-pyrrole nitrogens is 1. The summed E-state index contributed by atoms with van der Waals surface area (Å²) in [4.78, 5) is 4.06. The van der Waals surface area contributed by atoms with Crippen LogP contribution in [0.25, 0.3) is 0 Å². The van der Waals surface area contributed by atoms with Gasteiger partial charge in [-0.2, -0.15) is 5.10 Å². The van der Waals surface area contributed by atoms with Gasteiger partial charge < -0.3 is 15.4 Å². The number of methoxy groups -OCH3 is 1. The minimum atomic E-state index is 0.657. The zero-order chi connectivity index (χ0) is 10.9. The molecule has 0 saturated heterocycles. The number of aliphatic imine (C=N–C) groups is 1. The highest BCUT2D eigenvalue weighted by Gasteiger charge is 1.97. The van der Waals surface area contributed by atoms with Crippen LogP contribution in [-0.4, -0.2) is 43.5 Å². The number of hydrogen-bond acceptors (Lipinski definition) is 3. The van der Waals surface area contributed by atoms with Crippen molar-refractivity contribution in [2.45, 2.75) is 6.54 Å². The number of ether oxygens (including phenoxy) is 1. The van der Waals surface area contributed by atoms with Crippen molar-refractivity contribution >= 4 is 5.96 Å². The van der Waals surface area contributed by atoms with Crippen molar-refractivity contribution in [1.82, 2.24) is 20.8 Å². The molecule has 3 N–H and O–H groups in total. The average molecular weight is 211 g/mol. The average Bonchev–Trinajstić information content (AvgIpc) is 2.76. The number of hydrogen-bond donors (Lipinski definition) is 3. The molecule has 0 atom stereocenters. The third-order valence-electron chi connectivity index (χ3n) is 1.83. The molecule has 0 aromatic carbocycles. The van der Waals surface area contributed by atoms with Gasteiger partial charge in [0.25, 0.3) is 0 Å². The smallest absolute Gasteiger partial charge is 0.191 e. The van der Waals surface area contributed by atoms with Crippen LogP contribution in [-0.2, 0) is 11.3 Å². The lowest BCUT2D eigenvalue weighted by molar-refractivity contribution is 0.203. The molecule has 1 aromatic heterocycles. The number of rotatable bonds is 5. The van der Waals surface area contributed by atoms with E-state index in [4.69, 9.17) is 4.74 Å². The molecule has 0 aliphatic heterocycles. The van der Waals surface area contributed by atoms with Gasteiger partial charge in [-0.3, -0.25) is 10.1 Å². The van der Waals surface area contributed by atoms with E-state index in [0.29, 0.717) is 13.2 Å². The van der Waals surface area contributed by atoms with Crippen LogP contribution in [0.2, 0.25) is 0 Å². The van der Waals surface area contributed by atoms with E-state index in [2.05, 4.69) is 25.8 Å². The second kappa shape index (κ2) is 6.83. The molecule has 0 aliphatic carbocycles. The van der Waals surface area contributed by atoms with Gasteiger partial charge in [0.15, 0.2) is 5.96 Å². The highest BCUT2D eigenvalue weighted by atomic mass is 16.5. The standard InChI is InChI=1S/C9H17N5O/c1-10-9(11-5-6-15-2)12-7-8-3-4-13-14-8/h3-4H,5-7H2,1-2H3,(H,13,14)(H2,10,11,12). The number of aromatic nitrogens is 2. The van der Waals surface area contributed by atoms with Crippen LogP contribution in [0.5, 0.6) is 0 Å². The van der Waals surface area contributed by atoms with E-state index in [1.165, 1.54) is 0 Å². The molecule has 84 valence electrons. The maximum Gasteiger partial charge on any atom is 0.191 e. The van der Waals surface area contributed by atoms with Gasteiger partial charge in [0.1, 0.15) is 0 Å². The Morgan fingerprint density at radius 2 is 2.47 bits per heavy atom. The molecule has 6 heteroatoms. The Bertz CT molecular complexity index is 283. The molecule has 1 rings (SSSR count). The van der Waals surface area contributed by atoms with Crippen molar-refractivity contribution in [2.24, 2.45) is 4.99 Å². The Morgan fingerprint density at radius 3 is 3.07 bits per heavy atom. The fourth-order valence-electron chi connectivity index (χ4n) is 1.05. The first kappa shape index (κ1) is 11.5. The van der Waals surface area contributed by atoms with Crippen LogP contribution in [0.4, 0.5) is 0 Å². The van der Waals surface area contributed by atoms with Gasteiger partial charge in [-0.15, -0.1) is 0 Å². The highest BCUT2D eigenvalue weighted by molar-refractivity contribution is 5.79. The van der Waals surface area contributed by atoms with Crippen LogP contribution in [0.1, 0.15) is 5.69 Å². The Kier molecular flexibility index (Phi) is 5.24. The normalized spacial score (nSPS) is 11.5. The van der Waals surface area contributed by atoms with Crippen molar-refractivity contribution in [2.75, 3.05) is 27.3 Å². The van der Waals surface area contributed by atoms with Crippen LogP contribution in [0, 0.1) is 0 Å². The first-order valence-electron chi connectivity index (χ1n) is 4.78. The first-order chi connectivity index (χ1) is 7.36. The molecule has 0 bridgehead atoms. The van der Waals surface area contributed by atoms with Crippen LogP contribution in [0.3, 0.4) is 0 Å². The van der Waals surface area contributed by atoms with Gasteiger partial charge in [-0.1, -0.05) is 0 Å². The largest absolute Gasteiger partial charge is 0.383 e. The fourth-order valence-corrected chi connectivity index (χ4v) is 1.05. The third-order valence-corrected chi connectivity index (χ3v) is 1.83. The fraction of sp³-hybridized carbons (Fsp3) is 0.556. The molecule has 15 heavy (non-hydrogen) atoms. The molecular weight excluding hydrogens is 194 g/mol. The van der Waals surface area contributed by atoms with E-state index < -0.39 is 0 Å². The number of guanidine groups is 1. The summed E-state index contributed by atoms with van der Waals surface area (Å²) in [6.45, 7) is 2.07. The summed E-state index contributed by atoms with van der Waals surface area (Å²) in [5, 5.41) is 13.0. The maximum atomic E-state index is 4.93. The zero-order valence-electron chi connectivity index (χ0n) is 9.08. The first-order valence-corrected chi connectivity index (χ1v) is 4.78.